The Morgan fingerprint density at radius 1 is 1.03 bits per heavy atom. The number of methoxy groups -OCH3 is 2. The lowest BCUT2D eigenvalue weighted by Crippen LogP contribution is -2.27. The van der Waals surface area contributed by atoms with E-state index in [1.807, 2.05) is 6.92 Å². The molecule has 0 spiro atoms. The third kappa shape index (κ3) is 5.00. The number of amides is 1. The van der Waals surface area contributed by atoms with Gasteiger partial charge < -0.3 is 19.5 Å². The topological polar surface area (TPSA) is 109 Å². The van der Waals surface area contributed by atoms with Crippen LogP contribution in [0, 0.1) is 0 Å². The van der Waals surface area contributed by atoms with Gasteiger partial charge in [0.25, 0.3) is 11.5 Å². The van der Waals surface area contributed by atoms with E-state index in [1.54, 1.807) is 42.5 Å². The van der Waals surface area contributed by atoms with Crippen molar-refractivity contribution < 1.29 is 23.8 Å². The van der Waals surface area contributed by atoms with E-state index in [0.29, 0.717) is 40.9 Å². The minimum atomic E-state index is -0.792. The van der Waals surface area contributed by atoms with E-state index in [0.717, 1.165) is 0 Å². The zero-order chi connectivity index (χ0) is 22.4. The van der Waals surface area contributed by atoms with Gasteiger partial charge in [-0.05, 0) is 12.5 Å². The van der Waals surface area contributed by atoms with Crippen molar-refractivity contribution in [3.05, 3.63) is 58.5 Å². The van der Waals surface area contributed by atoms with Gasteiger partial charge in [-0.1, -0.05) is 25.1 Å². The molecule has 0 bridgehead atoms. The highest BCUT2D eigenvalue weighted by atomic mass is 16.5. The molecule has 162 valence electrons. The second-order valence-electron chi connectivity index (χ2n) is 6.65. The molecule has 9 nitrogen and oxygen atoms in total. The number of hydrogen-bond donors (Lipinski definition) is 1. The average Bonchev–Trinajstić information content (AvgIpc) is 2.79. The number of hydrogen-bond acceptors (Lipinski definition) is 7. The lowest BCUT2D eigenvalue weighted by Gasteiger charge is -2.11. The number of aromatic nitrogens is 2. The molecule has 0 saturated heterocycles. The maximum Gasteiger partial charge on any atom is 0.359 e. The van der Waals surface area contributed by atoms with Crippen molar-refractivity contribution in [2.24, 2.45) is 0 Å². The van der Waals surface area contributed by atoms with Gasteiger partial charge in [0, 0.05) is 35.8 Å². The highest BCUT2D eigenvalue weighted by Crippen LogP contribution is 2.25. The van der Waals surface area contributed by atoms with Crippen LogP contribution in [0.1, 0.15) is 23.8 Å². The van der Waals surface area contributed by atoms with Crippen molar-refractivity contribution in [3.63, 3.8) is 0 Å². The zero-order valence-electron chi connectivity index (χ0n) is 17.5. The molecule has 1 aromatic heterocycles. The van der Waals surface area contributed by atoms with Crippen LogP contribution in [0.15, 0.2) is 47.3 Å². The largest absolute Gasteiger partial charge is 0.497 e. The van der Waals surface area contributed by atoms with Crippen LogP contribution in [0.5, 0.6) is 11.5 Å². The summed E-state index contributed by atoms with van der Waals surface area (Å²) in [6, 6.07) is 11.6. The Bertz CT molecular complexity index is 1150. The van der Waals surface area contributed by atoms with Gasteiger partial charge in [-0.3, -0.25) is 9.59 Å². The highest BCUT2D eigenvalue weighted by molar-refractivity contribution is 6.03. The quantitative estimate of drug-likeness (QED) is 0.553. The molecule has 31 heavy (non-hydrogen) atoms. The van der Waals surface area contributed by atoms with Gasteiger partial charge in [0.05, 0.1) is 19.6 Å². The summed E-state index contributed by atoms with van der Waals surface area (Å²) in [5.41, 5.74) is 0.135. The number of nitrogens with one attached hydrogen (secondary N) is 1. The van der Waals surface area contributed by atoms with Crippen LogP contribution in [0.3, 0.4) is 0 Å². The molecule has 2 aromatic carbocycles. The Hall–Kier alpha value is -3.88. The van der Waals surface area contributed by atoms with Crippen molar-refractivity contribution in [3.8, 4) is 11.5 Å². The molecule has 0 fully saturated rings. The predicted molar refractivity (Wildman–Crippen MR) is 115 cm³/mol. The normalized spacial score (nSPS) is 10.5. The summed E-state index contributed by atoms with van der Waals surface area (Å²) in [4.78, 5) is 37.5. The second-order valence-corrected chi connectivity index (χ2v) is 6.65. The maximum atomic E-state index is 12.7. The molecule has 1 N–H and O–H groups in total. The van der Waals surface area contributed by atoms with Crippen LogP contribution in [-0.2, 0) is 16.1 Å². The van der Waals surface area contributed by atoms with E-state index in [-0.39, 0.29) is 11.3 Å². The van der Waals surface area contributed by atoms with Crippen LogP contribution in [0.25, 0.3) is 10.8 Å². The van der Waals surface area contributed by atoms with Crippen LogP contribution in [0.2, 0.25) is 0 Å². The fourth-order valence-electron chi connectivity index (χ4n) is 3.03. The molecule has 3 rings (SSSR count). The second kappa shape index (κ2) is 9.75. The van der Waals surface area contributed by atoms with Crippen molar-refractivity contribution in [1.29, 1.82) is 0 Å². The molecule has 0 atom stereocenters. The van der Waals surface area contributed by atoms with Gasteiger partial charge in [-0.2, -0.15) is 5.10 Å². The first-order chi connectivity index (χ1) is 15.0. The molecule has 0 aliphatic rings. The van der Waals surface area contributed by atoms with Crippen LogP contribution < -0.4 is 20.3 Å². The molecule has 9 heteroatoms. The molecule has 0 saturated carbocycles. The number of ether oxygens (including phenoxy) is 3. The standard InChI is InChI=1S/C22H23N3O6/c1-4-9-25-21(27)18-8-6-5-7-17(18)20(24-25)22(28)31-13-19(26)23-14-10-15(29-2)12-16(11-14)30-3/h5-8,10-12H,4,9,13H2,1-3H3,(H,23,26). The molecule has 0 aliphatic carbocycles. The number of carbonyl (C=O) groups is 2. The maximum absolute atomic E-state index is 12.7. The summed E-state index contributed by atoms with van der Waals surface area (Å²) in [6.45, 7) is 1.74. The van der Waals surface area contributed by atoms with Gasteiger partial charge >= 0.3 is 5.97 Å². The Labute approximate surface area is 178 Å². The van der Waals surface area contributed by atoms with Gasteiger partial charge in [0.1, 0.15) is 11.5 Å². The Kier molecular flexibility index (Phi) is 6.86. The number of anilines is 1. The molecule has 0 aliphatic heterocycles. The van der Waals surface area contributed by atoms with Gasteiger partial charge in [0.2, 0.25) is 0 Å². The Balaban J connectivity index is 1.77. The third-order valence-electron chi connectivity index (χ3n) is 4.47. The lowest BCUT2D eigenvalue weighted by molar-refractivity contribution is -0.119. The molecular formula is C22H23N3O6. The van der Waals surface area contributed by atoms with Crippen LogP contribution in [0.4, 0.5) is 5.69 Å². The molecule has 1 amide bonds. The van der Waals surface area contributed by atoms with Gasteiger partial charge in [0.15, 0.2) is 12.3 Å². The fraction of sp³-hybridized carbons (Fsp3) is 0.273. The van der Waals surface area contributed by atoms with E-state index < -0.39 is 18.5 Å². The molecular weight excluding hydrogens is 402 g/mol. The summed E-state index contributed by atoms with van der Waals surface area (Å²) < 4.78 is 16.7. The predicted octanol–water partition coefficient (Wildman–Crippen LogP) is 2.62. The number of nitrogens with zero attached hydrogens (tertiary/aromatic N) is 2. The summed E-state index contributed by atoms with van der Waals surface area (Å²) in [5, 5.41) is 7.53. The molecule has 0 radical (unpaired) electrons. The van der Waals surface area contributed by atoms with Crippen molar-refractivity contribution >= 4 is 28.3 Å². The monoisotopic (exact) mass is 425 g/mol. The van der Waals surface area contributed by atoms with E-state index in [4.69, 9.17) is 14.2 Å². The number of benzene rings is 2. The van der Waals surface area contributed by atoms with Crippen LogP contribution in [-0.4, -0.2) is 42.5 Å². The molecule has 0 unspecified atom stereocenters. The highest BCUT2D eigenvalue weighted by Gasteiger charge is 2.19. The van der Waals surface area contributed by atoms with Crippen molar-refractivity contribution in [2.45, 2.75) is 19.9 Å². The van der Waals surface area contributed by atoms with E-state index in [2.05, 4.69) is 10.4 Å². The minimum absolute atomic E-state index is 0.0144. The Morgan fingerprint density at radius 3 is 2.29 bits per heavy atom. The third-order valence-corrected chi connectivity index (χ3v) is 4.47. The summed E-state index contributed by atoms with van der Waals surface area (Å²) >= 11 is 0. The van der Waals surface area contributed by atoms with E-state index in [1.165, 1.54) is 18.9 Å². The van der Waals surface area contributed by atoms with Gasteiger partial charge in [-0.15, -0.1) is 0 Å². The van der Waals surface area contributed by atoms with Gasteiger partial charge in [-0.25, -0.2) is 9.48 Å². The molecule has 1 heterocycles. The fourth-order valence-corrected chi connectivity index (χ4v) is 3.03. The first kappa shape index (κ1) is 21.8. The summed E-state index contributed by atoms with van der Waals surface area (Å²) in [5.74, 6) is -0.338. The number of fused-ring (bicyclic) bond motifs is 1. The number of rotatable bonds is 8. The first-order valence-corrected chi connectivity index (χ1v) is 9.66. The number of aryl methyl sites for hydroxylation is 1. The number of esters is 1. The minimum Gasteiger partial charge on any atom is -0.497 e. The number of carbonyl (C=O) groups excluding carboxylic acids is 2. The first-order valence-electron chi connectivity index (χ1n) is 9.66. The van der Waals surface area contributed by atoms with E-state index >= 15 is 0 Å². The van der Waals surface area contributed by atoms with E-state index in [9.17, 15) is 14.4 Å². The average molecular weight is 425 g/mol. The summed E-state index contributed by atoms with van der Waals surface area (Å²) in [7, 11) is 2.99. The Morgan fingerprint density at radius 2 is 1.68 bits per heavy atom. The lowest BCUT2D eigenvalue weighted by atomic mass is 10.1. The molecule has 3 aromatic rings. The zero-order valence-corrected chi connectivity index (χ0v) is 17.5. The smallest absolute Gasteiger partial charge is 0.359 e. The van der Waals surface area contributed by atoms with Crippen molar-refractivity contribution in [2.75, 3.05) is 26.1 Å². The van der Waals surface area contributed by atoms with Crippen molar-refractivity contribution in [1.82, 2.24) is 9.78 Å². The van der Waals surface area contributed by atoms with Crippen LogP contribution >= 0.6 is 0 Å². The SMILES string of the molecule is CCCn1nc(C(=O)OCC(=O)Nc2cc(OC)cc(OC)c2)c2ccccc2c1=O. The summed E-state index contributed by atoms with van der Waals surface area (Å²) in [6.07, 6.45) is 0.673.